The number of aromatic nitrogens is 1. The first-order valence-corrected chi connectivity index (χ1v) is 15.8. The van der Waals surface area contributed by atoms with E-state index in [2.05, 4.69) is 16.0 Å². The van der Waals surface area contributed by atoms with Crippen LogP contribution < -0.4 is 20.7 Å². The Bertz CT molecular complexity index is 1680. The summed E-state index contributed by atoms with van der Waals surface area (Å²) in [6.45, 7) is 8.63. The van der Waals surface area contributed by atoms with Gasteiger partial charge in [-0.15, -0.1) is 0 Å². The number of rotatable bonds is 5. The molecule has 3 aromatic rings. The van der Waals surface area contributed by atoms with E-state index in [0.29, 0.717) is 24.6 Å². The first kappa shape index (κ1) is 29.3. The zero-order valence-electron chi connectivity index (χ0n) is 25.9. The minimum Gasteiger partial charge on any atom is -0.469 e. The molecule has 7 rings (SSSR count). The van der Waals surface area contributed by atoms with Crippen molar-refractivity contribution in [3.05, 3.63) is 76.5 Å². The van der Waals surface area contributed by atoms with Gasteiger partial charge in [0.05, 0.1) is 0 Å². The lowest BCUT2D eigenvalue weighted by molar-refractivity contribution is -0.135. The van der Waals surface area contributed by atoms with Gasteiger partial charge in [-0.2, -0.15) is 0 Å². The van der Waals surface area contributed by atoms with Gasteiger partial charge in [-0.05, 0) is 47.9 Å². The molecule has 5 heterocycles. The largest absolute Gasteiger partial charge is 0.469 e. The highest BCUT2D eigenvalue weighted by atomic mass is 16.5. The summed E-state index contributed by atoms with van der Waals surface area (Å²) in [7, 11) is 0. The highest BCUT2D eigenvalue weighted by molar-refractivity contribution is 5.95. The van der Waals surface area contributed by atoms with Crippen LogP contribution in [0.3, 0.4) is 0 Å². The second kappa shape index (κ2) is 10.9. The van der Waals surface area contributed by atoms with Gasteiger partial charge in [0.15, 0.2) is 17.7 Å². The molecule has 4 aliphatic heterocycles. The second-order valence-corrected chi connectivity index (χ2v) is 13.2. The molecule has 0 radical (unpaired) electrons. The van der Waals surface area contributed by atoms with Gasteiger partial charge in [-0.1, -0.05) is 58.0 Å². The molecule has 1 unspecified atom stereocenters. The number of para-hydroxylation sites is 1. The Hall–Kier alpha value is -4.38. The monoisotopic (exact) mass is 613 g/mol. The average Bonchev–Trinajstić information content (AvgIpc) is 3.80. The average molecular weight is 614 g/mol. The summed E-state index contributed by atoms with van der Waals surface area (Å²) in [5.74, 6) is -0.551. The van der Waals surface area contributed by atoms with E-state index in [1.54, 1.807) is 13.8 Å². The van der Waals surface area contributed by atoms with Gasteiger partial charge in [0, 0.05) is 30.8 Å². The van der Waals surface area contributed by atoms with E-state index in [4.69, 9.17) is 14.1 Å². The molecule has 0 saturated carbocycles. The summed E-state index contributed by atoms with van der Waals surface area (Å²) in [6.07, 6.45) is 0.123. The first-order chi connectivity index (χ1) is 21.6. The molecule has 2 aromatic carbocycles. The molecule has 11 heteroatoms. The smallest absolute Gasteiger partial charge is 0.276 e. The number of nitrogens with one attached hydrogen (secondary N) is 3. The van der Waals surface area contributed by atoms with E-state index >= 15 is 0 Å². The lowest BCUT2D eigenvalue weighted by Crippen LogP contribution is -2.52. The van der Waals surface area contributed by atoms with Crippen LogP contribution in [0.5, 0.6) is 5.75 Å². The van der Waals surface area contributed by atoms with Crippen LogP contribution >= 0.6 is 0 Å². The quantitative estimate of drug-likeness (QED) is 0.343. The molecular weight excluding hydrogens is 574 g/mol. The SMILES string of the molecule is CC(C)[C@H](O)C(=O)N[C@H]1Cc2ccc3c(c2)[C@@]2(c4ccccc4NC2O3)c2oc(nc2C(=O)N2CCCC2)[C@H](C(C)C)NC1=O. The number of hydrogen-bond acceptors (Lipinski definition) is 8. The third-order valence-electron chi connectivity index (χ3n) is 9.55. The van der Waals surface area contributed by atoms with Crippen molar-refractivity contribution in [3.63, 3.8) is 0 Å². The molecule has 1 fully saturated rings. The number of aliphatic hydroxyl groups excluding tert-OH is 1. The number of carbonyl (C=O) groups excluding carboxylic acids is 3. The Morgan fingerprint density at radius 1 is 1.07 bits per heavy atom. The highest BCUT2D eigenvalue weighted by Gasteiger charge is 2.61. The predicted molar refractivity (Wildman–Crippen MR) is 165 cm³/mol. The van der Waals surface area contributed by atoms with Crippen molar-refractivity contribution in [2.24, 2.45) is 11.8 Å². The van der Waals surface area contributed by atoms with Gasteiger partial charge in [0.1, 0.15) is 29.4 Å². The Labute approximate surface area is 261 Å². The lowest BCUT2D eigenvalue weighted by Gasteiger charge is -2.29. The van der Waals surface area contributed by atoms with Crippen LogP contribution in [0.2, 0.25) is 0 Å². The minimum absolute atomic E-state index is 0.169. The van der Waals surface area contributed by atoms with Crippen LogP contribution in [0.1, 0.15) is 85.4 Å². The summed E-state index contributed by atoms with van der Waals surface area (Å²) >= 11 is 0. The van der Waals surface area contributed by atoms with Crippen molar-refractivity contribution < 1.29 is 28.6 Å². The number of nitrogens with zero attached hydrogens (tertiary/aromatic N) is 2. The van der Waals surface area contributed by atoms with Gasteiger partial charge in [0.25, 0.3) is 5.91 Å². The molecule has 1 saturated heterocycles. The number of benzene rings is 2. The third kappa shape index (κ3) is 4.58. The normalized spacial score (nSPS) is 25.4. The number of aliphatic hydroxyl groups is 1. The number of carbonyl (C=O) groups is 3. The van der Waals surface area contributed by atoms with Crippen molar-refractivity contribution in [2.45, 2.75) is 76.8 Å². The fourth-order valence-electron chi connectivity index (χ4n) is 7.08. The number of ether oxygens (including phenoxy) is 1. The van der Waals surface area contributed by atoms with E-state index in [0.717, 1.165) is 35.2 Å². The van der Waals surface area contributed by atoms with Gasteiger partial charge in [0.2, 0.25) is 17.7 Å². The zero-order chi connectivity index (χ0) is 31.6. The van der Waals surface area contributed by atoms with Crippen LogP contribution in [-0.2, 0) is 21.4 Å². The summed E-state index contributed by atoms with van der Waals surface area (Å²) in [5, 5.41) is 19.8. The van der Waals surface area contributed by atoms with Crippen LogP contribution in [0.15, 0.2) is 46.9 Å². The van der Waals surface area contributed by atoms with Crippen LogP contribution in [0.4, 0.5) is 5.69 Å². The number of hydrogen-bond donors (Lipinski definition) is 4. The Balaban J connectivity index is 1.46. The molecule has 3 amide bonds. The molecule has 4 aliphatic rings. The van der Waals surface area contributed by atoms with Crippen molar-refractivity contribution in [1.29, 1.82) is 0 Å². The molecule has 4 N–H and O–H groups in total. The molecule has 1 spiro atoms. The molecule has 1 aromatic heterocycles. The Morgan fingerprint density at radius 3 is 2.56 bits per heavy atom. The lowest BCUT2D eigenvalue weighted by atomic mass is 9.72. The van der Waals surface area contributed by atoms with E-state index in [1.807, 2.05) is 61.2 Å². The predicted octanol–water partition coefficient (Wildman–Crippen LogP) is 3.26. The zero-order valence-corrected chi connectivity index (χ0v) is 25.9. The molecule has 45 heavy (non-hydrogen) atoms. The molecule has 11 nitrogen and oxygen atoms in total. The van der Waals surface area contributed by atoms with Crippen molar-refractivity contribution in [3.8, 4) is 5.75 Å². The Kier molecular flexibility index (Phi) is 7.11. The summed E-state index contributed by atoms with van der Waals surface area (Å²) in [6, 6.07) is 11.9. The summed E-state index contributed by atoms with van der Waals surface area (Å²) in [4.78, 5) is 47.8. The van der Waals surface area contributed by atoms with E-state index in [-0.39, 0.29) is 35.7 Å². The third-order valence-corrected chi connectivity index (χ3v) is 9.55. The summed E-state index contributed by atoms with van der Waals surface area (Å²) < 4.78 is 13.3. The Morgan fingerprint density at radius 2 is 1.82 bits per heavy atom. The van der Waals surface area contributed by atoms with Crippen LogP contribution in [-0.4, -0.2) is 64.2 Å². The van der Waals surface area contributed by atoms with Gasteiger partial charge < -0.3 is 35.1 Å². The number of fused-ring (bicyclic) bond motifs is 4. The van der Waals surface area contributed by atoms with Gasteiger partial charge in [-0.25, -0.2) is 4.98 Å². The first-order valence-electron chi connectivity index (χ1n) is 15.8. The molecule has 5 atom stereocenters. The maximum atomic E-state index is 14.2. The van der Waals surface area contributed by atoms with Gasteiger partial charge in [-0.3, -0.25) is 14.4 Å². The number of likely N-dealkylation sites (tertiary alicyclic amines) is 1. The maximum absolute atomic E-state index is 14.2. The molecule has 236 valence electrons. The van der Waals surface area contributed by atoms with E-state index < -0.39 is 41.6 Å². The van der Waals surface area contributed by atoms with Crippen molar-refractivity contribution >= 4 is 23.4 Å². The minimum atomic E-state index is -1.27. The molecule has 0 aliphatic carbocycles. The van der Waals surface area contributed by atoms with Crippen molar-refractivity contribution in [2.75, 3.05) is 18.4 Å². The fourth-order valence-corrected chi connectivity index (χ4v) is 7.08. The van der Waals surface area contributed by atoms with E-state index in [1.165, 1.54) is 0 Å². The van der Waals surface area contributed by atoms with Gasteiger partial charge >= 0.3 is 0 Å². The number of amides is 3. The number of anilines is 1. The maximum Gasteiger partial charge on any atom is 0.276 e. The van der Waals surface area contributed by atoms with Crippen LogP contribution in [0.25, 0.3) is 0 Å². The fraction of sp³-hybridized carbons (Fsp3) is 0.471. The van der Waals surface area contributed by atoms with Crippen molar-refractivity contribution in [1.82, 2.24) is 20.5 Å². The summed E-state index contributed by atoms with van der Waals surface area (Å²) in [5.41, 5.74) is 2.49. The topological polar surface area (TPSA) is 146 Å². The molecular formula is C34H39N5O6. The number of oxazole rings is 1. The highest BCUT2D eigenvalue weighted by Crippen LogP contribution is 2.58. The second-order valence-electron chi connectivity index (χ2n) is 13.2. The standard InChI is InChI=1S/C34H39N5O6/c1-17(2)25-31-38-26(32(43)39-13-7-8-14-39)28(45-31)34-20-9-5-6-10-22(20)36-33(34)44-24-12-11-19(15-21(24)34)16-23(29(41)37-25)35-30(42)27(40)18(3)4/h5-6,9-12,15,17-18,23,25,27,33,36,40H,7-8,13-14,16H2,1-4H3,(H,35,42)(H,37,41)/t23-,25-,27-,33?,34-/m0/s1. The van der Waals surface area contributed by atoms with E-state index in [9.17, 15) is 19.5 Å². The molecule has 4 bridgehead atoms. The van der Waals surface area contributed by atoms with Crippen LogP contribution in [0, 0.1) is 11.8 Å².